The Balaban J connectivity index is 2.05. The Morgan fingerprint density at radius 1 is 1.22 bits per heavy atom. The molecule has 3 aromatic heterocycles. The molecule has 7 heteroatoms. The Morgan fingerprint density at radius 3 is 2.74 bits per heavy atom. The van der Waals surface area contributed by atoms with E-state index in [1.165, 1.54) is 0 Å². The summed E-state index contributed by atoms with van der Waals surface area (Å²) in [5, 5.41) is 2.52. The number of fused-ring (bicyclic) bond motifs is 3. The molecule has 0 fully saturated rings. The number of halogens is 1. The number of benzene rings is 1. The van der Waals surface area contributed by atoms with Crippen LogP contribution in [0.2, 0.25) is 5.02 Å². The highest BCUT2D eigenvalue weighted by Crippen LogP contribution is 2.32. The van der Waals surface area contributed by atoms with Gasteiger partial charge >= 0.3 is 0 Å². The van der Waals surface area contributed by atoms with Crippen LogP contribution in [0.4, 0.5) is 0 Å². The second-order valence-electron chi connectivity index (χ2n) is 6.62. The van der Waals surface area contributed by atoms with Gasteiger partial charge < -0.3 is 9.47 Å². The summed E-state index contributed by atoms with van der Waals surface area (Å²) in [4.78, 5) is 27.7. The molecule has 0 atom stereocenters. The summed E-state index contributed by atoms with van der Waals surface area (Å²) in [5.74, 6) is 0.535. The van der Waals surface area contributed by atoms with Gasteiger partial charge in [-0.1, -0.05) is 17.7 Å². The van der Waals surface area contributed by atoms with E-state index in [4.69, 9.17) is 21.6 Å². The summed E-state index contributed by atoms with van der Waals surface area (Å²) in [6, 6.07) is 9.45. The van der Waals surface area contributed by atoms with E-state index < -0.39 is 0 Å². The van der Waals surface area contributed by atoms with Crippen LogP contribution in [0.5, 0.6) is 0 Å². The number of likely N-dealkylation sites (N-methyl/N-ethyl adjacent to an activating group) is 1. The summed E-state index contributed by atoms with van der Waals surface area (Å²) in [5.41, 5.74) is 3.23. The predicted octanol–water partition coefficient (Wildman–Crippen LogP) is 3.47. The number of rotatable bonds is 3. The van der Waals surface area contributed by atoms with Gasteiger partial charge in [-0.15, -0.1) is 0 Å². The zero-order valence-electron chi connectivity index (χ0n) is 15.3. The van der Waals surface area contributed by atoms with Crippen LogP contribution >= 0.6 is 11.6 Å². The van der Waals surface area contributed by atoms with Crippen LogP contribution in [0.1, 0.15) is 5.69 Å². The first-order valence-electron chi connectivity index (χ1n) is 8.51. The molecule has 0 saturated heterocycles. The van der Waals surface area contributed by atoms with Crippen LogP contribution < -0.4 is 0 Å². The Bertz CT molecular complexity index is 1170. The van der Waals surface area contributed by atoms with Crippen molar-refractivity contribution >= 4 is 39.4 Å². The minimum Gasteiger partial charge on any atom is -0.348 e. The van der Waals surface area contributed by atoms with Crippen LogP contribution in [-0.4, -0.2) is 44.4 Å². The molecule has 27 heavy (non-hydrogen) atoms. The molecule has 0 unspecified atom stereocenters. The third-order valence-corrected chi connectivity index (χ3v) is 4.85. The first kappa shape index (κ1) is 17.4. The number of carbonyl (C=O) groups is 1. The highest BCUT2D eigenvalue weighted by molar-refractivity contribution is 6.31. The van der Waals surface area contributed by atoms with E-state index in [1.807, 2.05) is 41.9 Å². The predicted molar refractivity (Wildman–Crippen MR) is 107 cm³/mol. The zero-order chi connectivity index (χ0) is 19.1. The van der Waals surface area contributed by atoms with Gasteiger partial charge in [-0.25, -0.2) is 9.97 Å². The van der Waals surface area contributed by atoms with Gasteiger partial charge in [0, 0.05) is 54.9 Å². The Hall–Kier alpha value is -2.99. The lowest BCUT2D eigenvalue weighted by molar-refractivity contribution is -0.127. The maximum absolute atomic E-state index is 12.4. The van der Waals surface area contributed by atoms with Gasteiger partial charge in [0.1, 0.15) is 5.65 Å². The molecule has 1 aromatic carbocycles. The van der Waals surface area contributed by atoms with Crippen LogP contribution in [0.15, 0.2) is 42.7 Å². The molecular formula is C20H18ClN5O. The van der Waals surface area contributed by atoms with Crippen molar-refractivity contribution in [2.75, 3.05) is 14.1 Å². The molecule has 0 saturated carbocycles. The number of carbonyl (C=O) groups excluding carboxylic acids is 1. The monoisotopic (exact) mass is 379 g/mol. The molecule has 6 nitrogen and oxygen atoms in total. The standard InChI is InChI=1S/C20H18ClN5O/c1-25(2)17(27)10-15-18-14-7-6-13(21)9-16(14)26(3)20(18)24-19(23-15)12-5-4-8-22-11-12/h4-9,11H,10H2,1-3H3. The van der Waals surface area contributed by atoms with Gasteiger partial charge in [-0.05, 0) is 24.3 Å². The maximum atomic E-state index is 12.4. The van der Waals surface area contributed by atoms with E-state index in [0.29, 0.717) is 16.5 Å². The van der Waals surface area contributed by atoms with Gasteiger partial charge in [-0.3, -0.25) is 9.78 Å². The first-order chi connectivity index (χ1) is 13.0. The lowest BCUT2D eigenvalue weighted by atomic mass is 10.1. The third kappa shape index (κ3) is 3.02. The molecule has 1 amide bonds. The van der Waals surface area contributed by atoms with Gasteiger partial charge in [-0.2, -0.15) is 0 Å². The quantitative estimate of drug-likeness (QED) is 0.546. The molecule has 0 radical (unpaired) electrons. The second kappa shape index (κ2) is 6.63. The van der Waals surface area contributed by atoms with E-state index in [-0.39, 0.29) is 12.3 Å². The number of aryl methyl sites for hydroxylation is 1. The molecule has 0 aliphatic carbocycles. The minimum atomic E-state index is -0.0156. The molecular weight excluding hydrogens is 362 g/mol. The Kier molecular flexibility index (Phi) is 4.28. The summed E-state index contributed by atoms with van der Waals surface area (Å²) in [6.07, 6.45) is 3.62. The van der Waals surface area contributed by atoms with E-state index in [0.717, 1.165) is 27.5 Å². The van der Waals surface area contributed by atoms with Crippen molar-refractivity contribution in [2.24, 2.45) is 7.05 Å². The fourth-order valence-corrected chi connectivity index (χ4v) is 3.34. The number of hydrogen-bond acceptors (Lipinski definition) is 4. The maximum Gasteiger partial charge on any atom is 0.228 e. The van der Waals surface area contributed by atoms with Crippen LogP contribution in [0.25, 0.3) is 33.3 Å². The summed E-state index contributed by atoms with van der Waals surface area (Å²) in [7, 11) is 5.43. The zero-order valence-corrected chi connectivity index (χ0v) is 16.0. The normalized spacial score (nSPS) is 11.3. The van der Waals surface area contributed by atoms with Crippen molar-refractivity contribution in [3.05, 3.63) is 53.4 Å². The SMILES string of the molecule is CN(C)C(=O)Cc1nc(-c2cccnc2)nc2c1c1ccc(Cl)cc1n2C. The average molecular weight is 380 g/mol. The molecule has 4 rings (SSSR count). The number of pyridine rings is 1. The van der Waals surface area contributed by atoms with Gasteiger partial charge in [0.2, 0.25) is 5.91 Å². The Labute approximate surface area is 161 Å². The van der Waals surface area contributed by atoms with Gasteiger partial charge in [0.05, 0.1) is 17.6 Å². The average Bonchev–Trinajstić information content (AvgIpc) is 2.94. The van der Waals surface area contributed by atoms with E-state index in [1.54, 1.807) is 31.4 Å². The van der Waals surface area contributed by atoms with Crippen LogP contribution in [-0.2, 0) is 18.3 Å². The molecule has 0 bridgehead atoms. The van der Waals surface area contributed by atoms with Crippen molar-refractivity contribution in [1.82, 2.24) is 24.4 Å². The highest BCUT2D eigenvalue weighted by atomic mass is 35.5. The molecule has 3 heterocycles. The molecule has 0 spiro atoms. The lowest BCUT2D eigenvalue weighted by Gasteiger charge is -2.11. The topological polar surface area (TPSA) is 63.9 Å². The number of amides is 1. The molecule has 4 aromatic rings. The van der Waals surface area contributed by atoms with Crippen molar-refractivity contribution in [3.63, 3.8) is 0 Å². The number of hydrogen-bond donors (Lipinski definition) is 0. The fourth-order valence-electron chi connectivity index (χ4n) is 3.17. The second-order valence-corrected chi connectivity index (χ2v) is 7.06. The molecule has 0 aliphatic rings. The summed E-state index contributed by atoms with van der Waals surface area (Å²) < 4.78 is 1.99. The lowest BCUT2D eigenvalue weighted by Crippen LogP contribution is -2.24. The van der Waals surface area contributed by atoms with Gasteiger partial charge in [0.25, 0.3) is 0 Å². The fraction of sp³-hybridized carbons (Fsp3) is 0.200. The smallest absolute Gasteiger partial charge is 0.228 e. The number of aromatic nitrogens is 4. The Morgan fingerprint density at radius 2 is 2.04 bits per heavy atom. The highest BCUT2D eigenvalue weighted by Gasteiger charge is 2.20. The van der Waals surface area contributed by atoms with Crippen LogP contribution in [0, 0.1) is 0 Å². The number of nitrogens with zero attached hydrogens (tertiary/aromatic N) is 5. The summed E-state index contributed by atoms with van der Waals surface area (Å²) in [6.45, 7) is 0. The first-order valence-corrected chi connectivity index (χ1v) is 8.88. The van der Waals surface area contributed by atoms with Gasteiger partial charge in [0.15, 0.2) is 5.82 Å². The van der Waals surface area contributed by atoms with E-state index in [2.05, 4.69) is 4.98 Å². The van der Waals surface area contributed by atoms with Crippen molar-refractivity contribution in [2.45, 2.75) is 6.42 Å². The van der Waals surface area contributed by atoms with Crippen molar-refractivity contribution < 1.29 is 4.79 Å². The minimum absolute atomic E-state index is 0.0156. The molecule has 0 aliphatic heterocycles. The van der Waals surface area contributed by atoms with Crippen molar-refractivity contribution in [3.8, 4) is 11.4 Å². The largest absolute Gasteiger partial charge is 0.348 e. The van der Waals surface area contributed by atoms with Crippen molar-refractivity contribution in [1.29, 1.82) is 0 Å². The summed E-state index contributed by atoms with van der Waals surface area (Å²) >= 11 is 6.19. The van der Waals surface area contributed by atoms with E-state index in [9.17, 15) is 4.79 Å². The van der Waals surface area contributed by atoms with E-state index >= 15 is 0 Å². The molecule has 0 N–H and O–H groups in total. The van der Waals surface area contributed by atoms with Crippen LogP contribution in [0.3, 0.4) is 0 Å². The molecule has 136 valence electrons. The third-order valence-electron chi connectivity index (χ3n) is 4.61.